The SMILES string of the molecule is Cc1cc(F)c2[nH]c(-c3ccc(F)cc3)c(CCC(=O)NC(CO)CO)c2c1. The topological polar surface area (TPSA) is 85.4 Å². The van der Waals surface area contributed by atoms with E-state index in [1.54, 1.807) is 19.1 Å². The molecule has 3 rings (SSSR count). The number of H-pyrrole nitrogens is 1. The van der Waals surface area contributed by atoms with Crippen LogP contribution in [0.2, 0.25) is 0 Å². The molecule has 148 valence electrons. The molecule has 28 heavy (non-hydrogen) atoms. The van der Waals surface area contributed by atoms with Crippen LogP contribution in [-0.2, 0) is 11.2 Å². The number of carbonyl (C=O) groups excluding carboxylic acids is 1. The molecule has 0 aliphatic rings. The third kappa shape index (κ3) is 4.21. The molecule has 0 fully saturated rings. The summed E-state index contributed by atoms with van der Waals surface area (Å²) in [6, 6.07) is 8.41. The maximum Gasteiger partial charge on any atom is 0.220 e. The molecule has 0 aliphatic heterocycles. The molecule has 0 saturated carbocycles. The van der Waals surface area contributed by atoms with Crippen LogP contribution < -0.4 is 5.32 Å². The number of fused-ring (bicyclic) bond motifs is 1. The quantitative estimate of drug-likeness (QED) is 0.502. The van der Waals surface area contributed by atoms with Crippen LogP contribution in [0.1, 0.15) is 17.5 Å². The molecule has 2 aromatic carbocycles. The Morgan fingerprint density at radius 1 is 1.14 bits per heavy atom. The first kappa shape index (κ1) is 20.0. The van der Waals surface area contributed by atoms with Gasteiger partial charge in [-0.2, -0.15) is 0 Å². The molecule has 7 heteroatoms. The Labute approximate surface area is 161 Å². The van der Waals surface area contributed by atoms with Gasteiger partial charge >= 0.3 is 0 Å². The summed E-state index contributed by atoms with van der Waals surface area (Å²) in [4.78, 5) is 15.2. The molecule has 4 N–H and O–H groups in total. The fourth-order valence-corrected chi connectivity index (χ4v) is 3.25. The second-order valence-corrected chi connectivity index (χ2v) is 6.78. The van der Waals surface area contributed by atoms with Crippen molar-refractivity contribution in [2.24, 2.45) is 0 Å². The number of benzene rings is 2. The van der Waals surface area contributed by atoms with Gasteiger partial charge in [0.05, 0.1) is 24.8 Å². The summed E-state index contributed by atoms with van der Waals surface area (Å²) in [5.41, 5.74) is 3.16. The summed E-state index contributed by atoms with van der Waals surface area (Å²) in [7, 11) is 0. The molecule has 1 aromatic heterocycles. The monoisotopic (exact) mass is 388 g/mol. The van der Waals surface area contributed by atoms with Gasteiger partial charge in [-0.15, -0.1) is 0 Å². The lowest BCUT2D eigenvalue weighted by Gasteiger charge is -2.13. The minimum absolute atomic E-state index is 0.0905. The van der Waals surface area contributed by atoms with Crippen molar-refractivity contribution < 1.29 is 23.8 Å². The van der Waals surface area contributed by atoms with Crippen molar-refractivity contribution in [3.8, 4) is 11.3 Å². The number of amides is 1. The van der Waals surface area contributed by atoms with Crippen LogP contribution in [0.4, 0.5) is 8.78 Å². The van der Waals surface area contributed by atoms with E-state index >= 15 is 0 Å². The molecule has 0 radical (unpaired) electrons. The number of aryl methyl sites for hydroxylation is 2. The molecule has 0 bridgehead atoms. The molecule has 1 heterocycles. The molecule has 1 amide bonds. The van der Waals surface area contributed by atoms with Crippen molar-refractivity contribution in [3.63, 3.8) is 0 Å². The summed E-state index contributed by atoms with van der Waals surface area (Å²) in [6.07, 6.45) is 0.401. The van der Waals surface area contributed by atoms with Crippen LogP contribution in [0.15, 0.2) is 36.4 Å². The van der Waals surface area contributed by atoms with E-state index in [1.165, 1.54) is 18.2 Å². The van der Waals surface area contributed by atoms with Gasteiger partial charge in [-0.1, -0.05) is 0 Å². The van der Waals surface area contributed by atoms with Crippen molar-refractivity contribution in [1.82, 2.24) is 10.3 Å². The number of rotatable bonds is 7. The average Bonchev–Trinajstić information content (AvgIpc) is 3.03. The third-order valence-corrected chi connectivity index (χ3v) is 4.65. The lowest BCUT2D eigenvalue weighted by Crippen LogP contribution is -2.40. The van der Waals surface area contributed by atoms with Crippen molar-refractivity contribution >= 4 is 16.8 Å². The highest BCUT2D eigenvalue weighted by molar-refractivity contribution is 5.92. The molecular weight excluding hydrogens is 366 g/mol. The fraction of sp³-hybridized carbons (Fsp3) is 0.286. The molecule has 0 spiro atoms. The Morgan fingerprint density at radius 2 is 1.82 bits per heavy atom. The number of aliphatic hydroxyl groups excluding tert-OH is 2. The van der Waals surface area contributed by atoms with Crippen LogP contribution in [-0.4, -0.2) is 40.4 Å². The maximum absolute atomic E-state index is 14.5. The predicted octanol–water partition coefficient (Wildman–Crippen LogP) is 2.82. The van der Waals surface area contributed by atoms with E-state index in [9.17, 15) is 13.6 Å². The summed E-state index contributed by atoms with van der Waals surface area (Å²) in [5.74, 6) is -1.10. The Hall–Kier alpha value is -2.77. The second kappa shape index (κ2) is 8.50. The fourth-order valence-electron chi connectivity index (χ4n) is 3.25. The number of carbonyl (C=O) groups is 1. The van der Waals surface area contributed by atoms with Crippen molar-refractivity contribution in [2.45, 2.75) is 25.8 Å². The van der Waals surface area contributed by atoms with Gasteiger partial charge in [0.1, 0.15) is 11.6 Å². The maximum atomic E-state index is 14.5. The molecule has 5 nitrogen and oxygen atoms in total. The number of hydrogen-bond donors (Lipinski definition) is 4. The van der Waals surface area contributed by atoms with Crippen molar-refractivity contribution in [1.29, 1.82) is 0 Å². The Morgan fingerprint density at radius 3 is 2.46 bits per heavy atom. The summed E-state index contributed by atoms with van der Waals surface area (Å²) < 4.78 is 27.8. The minimum atomic E-state index is -0.716. The van der Waals surface area contributed by atoms with Crippen LogP contribution in [0.25, 0.3) is 22.2 Å². The Bertz CT molecular complexity index is 979. The van der Waals surface area contributed by atoms with Gasteiger partial charge in [0.25, 0.3) is 0 Å². The Balaban J connectivity index is 1.97. The third-order valence-electron chi connectivity index (χ3n) is 4.65. The van der Waals surface area contributed by atoms with E-state index in [0.717, 1.165) is 11.1 Å². The molecule has 0 atom stereocenters. The zero-order valence-corrected chi connectivity index (χ0v) is 15.4. The van der Waals surface area contributed by atoms with Gasteiger partial charge in [-0.3, -0.25) is 4.79 Å². The number of hydrogen-bond acceptors (Lipinski definition) is 3. The highest BCUT2D eigenvalue weighted by Crippen LogP contribution is 2.33. The zero-order chi connectivity index (χ0) is 20.3. The smallest absolute Gasteiger partial charge is 0.220 e. The van der Waals surface area contributed by atoms with E-state index in [0.29, 0.717) is 28.6 Å². The van der Waals surface area contributed by atoms with Crippen LogP contribution in [0, 0.1) is 18.6 Å². The Kier molecular flexibility index (Phi) is 6.06. The molecular formula is C21H22F2N2O3. The van der Waals surface area contributed by atoms with Gasteiger partial charge in [-0.25, -0.2) is 8.78 Å². The number of aliphatic hydroxyl groups is 2. The summed E-state index contributed by atoms with van der Waals surface area (Å²) >= 11 is 0. The lowest BCUT2D eigenvalue weighted by atomic mass is 10.00. The minimum Gasteiger partial charge on any atom is -0.394 e. The van der Waals surface area contributed by atoms with E-state index in [2.05, 4.69) is 10.3 Å². The van der Waals surface area contributed by atoms with E-state index < -0.39 is 11.9 Å². The number of halogens is 2. The largest absolute Gasteiger partial charge is 0.394 e. The highest BCUT2D eigenvalue weighted by atomic mass is 19.1. The first-order valence-electron chi connectivity index (χ1n) is 9.00. The highest BCUT2D eigenvalue weighted by Gasteiger charge is 2.18. The first-order valence-corrected chi connectivity index (χ1v) is 9.00. The summed E-state index contributed by atoms with van der Waals surface area (Å²) in [5, 5.41) is 21.4. The zero-order valence-electron chi connectivity index (χ0n) is 15.4. The van der Waals surface area contributed by atoms with E-state index in [4.69, 9.17) is 10.2 Å². The normalized spacial score (nSPS) is 11.4. The molecule has 0 saturated heterocycles. The first-order chi connectivity index (χ1) is 13.4. The average molecular weight is 388 g/mol. The molecule has 0 aliphatic carbocycles. The van der Waals surface area contributed by atoms with Crippen LogP contribution in [0.3, 0.4) is 0 Å². The van der Waals surface area contributed by atoms with Gasteiger partial charge < -0.3 is 20.5 Å². The number of nitrogens with one attached hydrogen (secondary N) is 2. The van der Waals surface area contributed by atoms with E-state index in [-0.39, 0.29) is 31.4 Å². The van der Waals surface area contributed by atoms with Gasteiger partial charge in [0, 0.05) is 17.5 Å². The van der Waals surface area contributed by atoms with Crippen molar-refractivity contribution in [3.05, 3.63) is 59.2 Å². The van der Waals surface area contributed by atoms with Crippen molar-refractivity contribution in [2.75, 3.05) is 13.2 Å². The predicted molar refractivity (Wildman–Crippen MR) is 103 cm³/mol. The number of aromatic nitrogens is 1. The van der Waals surface area contributed by atoms with E-state index in [1.807, 2.05) is 6.07 Å². The standard InChI is InChI=1S/C21H22F2N2O3/c1-12-8-17-16(6-7-19(28)24-15(10-26)11-27)20(25-21(17)18(23)9-12)13-2-4-14(22)5-3-13/h2-5,8-9,15,25-27H,6-7,10-11H2,1H3,(H,24,28). The molecule has 3 aromatic rings. The molecule has 0 unspecified atom stereocenters. The van der Waals surface area contributed by atoms with Crippen LogP contribution >= 0.6 is 0 Å². The van der Waals surface area contributed by atoms with Crippen LogP contribution in [0.5, 0.6) is 0 Å². The van der Waals surface area contributed by atoms with Gasteiger partial charge in [-0.05, 0) is 66.4 Å². The second-order valence-electron chi connectivity index (χ2n) is 6.78. The number of aromatic amines is 1. The van der Waals surface area contributed by atoms with Gasteiger partial charge in [0.2, 0.25) is 5.91 Å². The van der Waals surface area contributed by atoms with Gasteiger partial charge in [0.15, 0.2) is 0 Å². The summed E-state index contributed by atoms with van der Waals surface area (Å²) in [6.45, 7) is 1.07. The lowest BCUT2D eigenvalue weighted by molar-refractivity contribution is -0.122.